The normalized spacial score (nSPS) is 13.3. The molecule has 0 unspecified atom stereocenters. The van der Waals surface area contributed by atoms with Crippen LogP contribution in [-0.4, -0.2) is 23.1 Å². The smallest absolute Gasteiger partial charge is 0.0930 e. The molecule has 0 aliphatic rings. The topological polar surface area (TPSA) is 29.5 Å². The third-order valence-electron chi connectivity index (χ3n) is 3.29. The van der Waals surface area contributed by atoms with Gasteiger partial charge < -0.3 is 9.84 Å². The lowest BCUT2D eigenvalue weighted by Gasteiger charge is -2.20. The maximum atomic E-state index is 10.5. The molecule has 0 spiro atoms. The highest BCUT2D eigenvalue weighted by Crippen LogP contribution is 2.27. The molecule has 1 N–H and O–H groups in total. The Morgan fingerprint density at radius 3 is 2.26 bits per heavy atom. The molecule has 2 atom stereocenters. The van der Waals surface area contributed by atoms with Gasteiger partial charge in [-0.3, -0.25) is 0 Å². The molecule has 0 aliphatic heterocycles. The molecule has 3 heteroatoms. The average Bonchev–Trinajstić information content (AvgIpc) is 2.56. The number of rotatable bonds is 8. The summed E-state index contributed by atoms with van der Waals surface area (Å²) in [6.07, 6.45) is 1.56. The summed E-state index contributed by atoms with van der Waals surface area (Å²) in [6, 6.07) is 20.2. The van der Waals surface area contributed by atoms with E-state index >= 15 is 0 Å². The summed E-state index contributed by atoms with van der Waals surface area (Å²) in [7, 11) is 0. The summed E-state index contributed by atoms with van der Waals surface area (Å²) in [5.74, 6) is 0. The first-order valence-corrected chi connectivity index (χ1v) is 8.69. The van der Waals surface area contributed by atoms with Crippen LogP contribution in [0, 0.1) is 0 Å². The van der Waals surface area contributed by atoms with E-state index in [-0.39, 0.29) is 5.25 Å². The predicted molar refractivity (Wildman–Crippen MR) is 97.6 cm³/mol. The van der Waals surface area contributed by atoms with Crippen LogP contribution in [0.4, 0.5) is 0 Å². The van der Waals surface area contributed by atoms with Crippen LogP contribution in [0.3, 0.4) is 0 Å². The Hall–Kier alpha value is -1.55. The van der Waals surface area contributed by atoms with Gasteiger partial charge in [0.2, 0.25) is 0 Å². The van der Waals surface area contributed by atoms with E-state index in [1.807, 2.05) is 48.5 Å². The zero-order valence-corrected chi connectivity index (χ0v) is 14.5. The van der Waals surface area contributed by atoms with E-state index in [1.165, 1.54) is 5.57 Å². The first-order valence-electron chi connectivity index (χ1n) is 7.81. The zero-order valence-electron chi connectivity index (χ0n) is 13.7. The maximum absolute atomic E-state index is 10.5. The molecule has 0 fully saturated rings. The van der Waals surface area contributed by atoms with E-state index in [0.29, 0.717) is 13.2 Å². The van der Waals surface area contributed by atoms with Crippen molar-refractivity contribution in [3.05, 3.63) is 77.9 Å². The van der Waals surface area contributed by atoms with Gasteiger partial charge in [0.05, 0.1) is 24.6 Å². The molecule has 0 aliphatic carbocycles. The van der Waals surface area contributed by atoms with Crippen LogP contribution in [0.25, 0.3) is 0 Å². The number of allylic oxidation sites excluding steroid dienone is 1. The molecular formula is C20H24O2S. The second-order valence-electron chi connectivity index (χ2n) is 5.71. The molecule has 0 saturated carbocycles. The van der Waals surface area contributed by atoms with Crippen LogP contribution in [0.1, 0.15) is 19.4 Å². The van der Waals surface area contributed by atoms with Crippen molar-refractivity contribution < 1.29 is 9.84 Å². The van der Waals surface area contributed by atoms with E-state index < -0.39 is 6.10 Å². The largest absolute Gasteiger partial charge is 0.389 e. The van der Waals surface area contributed by atoms with E-state index in [2.05, 4.69) is 32.1 Å². The monoisotopic (exact) mass is 328 g/mol. The first-order chi connectivity index (χ1) is 11.1. The van der Waals surface area contributed by atoms with Gasteiger partial charge in [0, 0.05) is 4.90 Å². The van der Waals surface area contributed by atoms with E-state index in [1.54, 1.807) is 11.8 Å². The standard InChI is InChI=1S/C20H24O2S/c1-16(2)13-20(23-18-11-7-4-8-12-18)19(21)15-22-14-17-9-5-3-6-10-17/h3-13,19-21H,14-15H2,1-2H3/t19-,20+/m0/s1. The average molecular weight is 328 g/mol. The quantitative estimate of drug-likeness (QED) is 0.563. The molecule has 23 heavy (non-hydrogen) atoms. The van der Waals surface area contributed by atoms with Gasteiger partial charge in [-0.15, -0.1) is 11.8 Å². The third kappa shape index (κ3) is 6.61. The van der Waals surface area contributed by atoms with Crippen molar-refractivity contribution >= 4 is 11.8 Å². The summed E-state index contributed by atoms with van der Waals surface area (Å²) in [6.45, 7) is 4.95. The van der Waals surface area contributed by atoms with Gasteiger partial charge in [-0.1, -0.05) is 60.2 Å². The number of hydrogen-bond acceptors (Lipinski definition) is 3. The number of aliphatic hydroxyl groups excluding tert-OH is 1. The van der Waals surface area contributed by atoms with E-state index in [4.69, 9.17) is 4.74 Å². The molecule has 0 saturated heterocycles. The highest BCUT2D eigenvalue weighted by atomic mass is 32.2. The van der Waals surface area contributed by atoms with Gasteiger partial charge >= 0.3 is 0 Å². The molecule has 0 heterocycles. The van der Waals surface area contributed by atoms with Crippen molar-refractivity contribution in [2.24, 2.45) is 0 Å². The van der Waals surface area contributed by atoms with Crippen LogP contribution in [0.15, 0.2) is 77.2 Å². The van der Waals surface area contributed by atoms with Crippen molar-refractivity contribution in [2.75, 3.05) is 6.61 Å². The Balaban J connectivity index is 1.91. The van der Waals surface area contributed by atoms with Gasteiger partial charge in [0.15, 0.2) is 0 Å². The second-order valence-corrected chi connectivity index (χ2v) is 6.96. The molecule has 2 aromatic carbocycles. The summed E-state index contributed by atoms with van der Waals surface area (Å²) in [5.41, 5.74) is 2.31. The van der Waals surface area contributed by atoms with Crippen LogP contribution < -0.4 is 0 Å². The van der Waals surface area contributed by atoms with Gasteiger partial charge in [-0.05, 0) is 31.5 Å². The van der Waals surface area contributed by atoms with Gasteiger partial charge in [0.25, 0.3) is 0 Å². The maximum Gasteiger partial charge on any atom is 0.0930 e. The van der Waals surface area contributed by atoms with E-state index in [0.717, 1.165) is 10.5 Å². The van der Waals surface area contributed by atoms with Crippen molar-refractivity contribution in [1.82, 2.24) is 0 Å². The molecule has 2 aromatic rings. The zero-order chi connectivity index (χ0) is 16.5. The van der Waals surface area contributed by atoms with Gasteiger partial charge in [-0.2, -0.15) is 0 Å². The van der Waals surface area contributed by atoms with Gasteiger partial charge in [-0.25, -0.2) is 0 Å². The van der Waals surface area contributed by atoms with Crippen molar-refractivity contribution in [3.63, 3.8) is 0 Å². The Morgan fingerprint density at radius 2 is 1.65 bits per heavy atom. The van der Waals surface area contributed by atoms with Crippen LogP contribution >= 0.6 is 11.8 Å². The van der Waals surface area contributed by atoms with Crippen LogP contribution in [-0.2, 0) is 11.3 Å². The number of ether oxygens (including phenoxy) is 1. The number of hydrogen-bond donors (Lipinski definition) is 1. The Morgan fingerprint density at radius 1 is 1.04 bits per heavy atom. The SMILES string of the molecule is CC(C)=C[C@@H](Sc1ccccc1)[C@@H](O)COCc1ccccc1. The van der Waals surface area contributed by atoms with Crippen molar-refractivity contribution in [2.45, 2.75) is 36.7 Å². The van der Waals surface area contributed by atoms with Crippen molar-refractivity contribution in [3.8, 4) is 0 Å². The highest BCUT2D eigenvalue weighted by Gasteiger charge is 2.18. The number of thioether (sulfide) groups is 1. The Labute approximate surface area is 143 Å². The summed E-state index contributed by atoms with van der Waals surface area (Å²) < 4.78 is 5.69. The minimum absolute atomic E-state index is 0.0156. The molecule has 0 radical (unpaired) electrons. The summed E-state index contributed by atoms with van der Waals surface area (Å²) in [4.78, 5) is 1.15. The van der Waals surface area contributed by atoms with Crippen molar-refractivity contribution in [1.29, 1.82) is 0 Å². The number of aliphatic hydroxyl groups is 1. The fourth-order valence-electron chi connectivity index (χ4n) is 2.17. The molecule has 0 amide bonds. The summed E-state index contributed by atoms with van der Waals surface area (Å²) in [5, 5.41) is 10.5. The summed E-state index contributed by atoms with van der Waals surface area (Å²) >= 11 is 1.67. The fourth-order valence-corrected chi connectivity index (χ4v) is 3.38. The minimum Gasteiger partial charge on any atom is -0.389 e. The number of benzene rings is 2. The van der Waals surface area contributed by atoms with Crippen LogP contribution in [0.5, 0.6) is 0 Å². The highest BCUT2D eigenvalue weighted by molar-refractivity contribution is 8.00. The second kappa shape index (κ2) is 9.56. The lowest BCUT2D eigenvalue weighted by Crippen LogP contribution is -2.27. The molecular weight excluding hydrogens is 304 g/mol. The molecule has 0 bridgehead atoms. The first kappa shape index (κ1) is 17.8. The minimum atomic E-state index is -0.543. The molecule has 122 valence electrons. The molecule has 2 nitrogen and oxygen atoms in total. The van der Waals surface area contributed by atoms with Crippen LogP contribution in [0.2, 0.25) is 0 Å². The molecule has 2 rings (SSSR count). The third-order valence-corrected chi connectivity index (χ3v) is 4.56. The van der Waals surface area contributed by atoms with E-state index in [9.17, 15) is 5.11 Å². The fraction of sp³-hybridized carbons (Fsp3) is 0.300. The Kier molecular flexibility index (Phi) is 7.40. The predicted octanol–water partition coefficient (Wildman–Crippen LogP) is 4.69. The van der Waals surface area contributed by atoms with Gasteiger partial charge in [0.1, 0.15) is 0 Å². The molecule has 0 aromatic heterocycles. The Bertz CT molecular complexity index is 592. The lowest BCUT2D eigenvalue weighted by molar-refractivity contribution is 0.0324. The lowest BCUT2D eigenvalue weighted by atomic mass is 10.2.